The molecule has 30 heavy (non-hydrogen) atoms. The van der Waals surface area contributed by atoms with Crippen molar-refractivity contribution in [1.82, 2.24) is 0 Å². The molecule has 0 radical (unpaired) electrons. The lowest BCUT2D eigenvalue weighted by molar-refractivity contribution is -0.146. The van der Waals surface area contributed by atoms with Crippen molar-refractivity contribution >= 4 is 17.9 Å². The first-order chi connectivity index (χ1) is 13.1. The van der Waals surface area contributed by atoms with Crippen molar-refractivity contribution in [2.45, 2.75) is 75.7 Å². The van der Waals surface area contributed by atoms with Crippen molar-refractivity contribution in [3.8, 4) is 0 Å². The van der Waals surface area contributed by atoms with Gasteiger partial charge in [0.2, 0.25) is 0 Å². The minimum atomic E-state index is -0.757. The van der Waals surface area contributed by atoms with Crippen LogP contribution in [0.15, 0.2) is 0 Å². The fraction of sp³-hybridized carbons (Fsp3) is 0.857. The highest BCUT2D eigenvalue weighted by Crippen LogP contribution is 2.18. The van der Waals surface area contributed by atoms with Gasteiger partial charge in [0, 0.05) is 5.41 Å². The molecule has 0 amide bonds. The van der Waals surface area contributed by atoms with Crippen molar-refractivity contribution in [2.24, 2.45) is 21.7 Å². The van der Waals surface area contributed by atoms with Crippen LogP contribution in [0.2, 0.25) is 0 Å². The van der Waals surface area contributed by atoms with Crippen molar-refractivity contribution in [2.75, 3.05) is 19.8 Å². The highest BCUT2D eigenvalue weighted by atomic mass is 16.4. The summed E-state index contributed by atoms with van der Waals surface area (Å²) in [6.45, 7) is 16.3. The molecule has 0 spiro atoms. The Bertz CT molecular complexity index is 414. The first kappa shape index (κ1) is 35.7. The van der Waals surface area contributed by atoms with E-state index in [1.165, 1.54) is 0 Å². The smallest absolute Gasteiger partial charge is 0.308 e. The van der Waals surface area contributed by atoms with Gasteiger partial charge in [-0.15, -0.1) is 0 Å². The summed E-state index contributed by atoms with van der Waals surface area (Å²) in [4.78, 5) is 30.1. The molecule has 0 saturated heterocycles. The quantitative estimate of drug-likeness (QED) is 0.384. The topological polar surface area (TPSA) is 173 Å². The number of aliphatic carboxylic acids is 3. The largest absolute Gasteiger partial charge is 0.481 e. The molecule has 0 rings (SSSR count). The highest BCUT2D eigenvalue weighted by Gasteiger charge is 2.25. The van der Waals surface area contributed by atoms with E-state index < -0.39 is 39.6 Å². The van der Waals surface area contributed by atoms with Gasteiger partial charge in [-0.1, -0.05) is 6.92 Å². The van der Waals surface area contributed by atoms with E-state index in [0.29, 0.717) is 6.42 Å². The van der Waals surface area contributed by atoms with Crippen LogP contribution in [0, 0.1) is 21.7 Å². The second-order valence-electron chi connectivity index (χ2n) is 9.99. The Morgan fingerprint density at radius 3 is 0.667 bits per heavy atom. The van der Waals surface area contributed by atoms with Crippen molar-refractivity contribution in [3.05, 3.63) is 0 Å². The Kier molecular flexibility index (Phi) is 18.0. The van der Waals surface area contributed by atoms with E-state index in [4.69, 9.17) is 30.6 Å². The SMILES string of the molecule is CC(C)(C)C(=O)O.CC(C)(C)C(=O)O.CC(C)(C)C(=O)O.CCC(CO)(CO)CO. The van der Waals surface area contributed by atoms with Crippen LogP contribution in [0.1, 0.15) is 75.7 Å². The van der Waals surface area contributed by atoms with E-state index in [0.717, 1.165) is 0 Å². The van der Waals surface area contributed by atoms with Crippen molar-refractivity contribution < 1.29 is 45.0 Å². The van der Waals surface area contributed by atoms with Crippen LogP contribution in [-0.2, 0) is 14.4 Å². The highest BCUT2D eigenvalue weighted by molar-refractivity contribution is 5.73. The Balaban J connectivity index is -0.000000151. The molecule has 0 aliphatic carbocycles. The lowest BCUT2D eigenvalue weighted by Crippen LogP contribution is -2.32. The summed E-state index contributed by atoms with van der Waals surface area (Å²) >= 11 is 0. The van der Waals surface area contributed by atoms with E-state index >= 15 is 0 Å². The number of hydrogen-bond acceptors (Lipinski definition) is 6. The Labute approximate surface area is 180 Å². The fourth-order valence-electron chi connectivity index (χ4n) is 0.485. The number of aliphatic hydroxyl groups excluding tert-OH is 3. The van der Waals surface area contributed by atoms with Gasteiger partial charge in [-0.3, -0.25) is 14.4 Å². The van der Waals surface area contributed by atoms with E-state index in [2.05, 4.69) is 0 Å². The van der Waals surface area contributed by atoms with Gasteiger partial charge in [-0.05, 0) is 68.7 Å². The van der Waals surface area contributed by atoms with Gasteiger partial charge in [-0.25, -0.2) is 0 Å². The maximum absolute atomic E-state index is 10.0. The number of carbonyl (C=O) groups is 3. The maximum atomic E-state index is 10.0. The average Bonchev–Trinajstić information content (AvgIpc) is 2.56. The maximum Gasteiger partial charge on any atom is 0.308 e. The molecule has 0 fully saturated rings. The van der Waals surface area contributed by atoms with Gasteiger partial charge >= 0.3 is 17.9 Å². The fourth-order valence-corrected chi connectivity index (χ4v) is 0.485. The second kappa shape index (κ2) is 15.1. The zero-order valence-electron chi connectivity index (χ0n) is 20.2. The first-order valence-corrected chi connectivity index (χ1v) is 9.60. The summed E-state index contributed by atoms with van der Waals surface area (Å²) in [7, 11) is 0. The van der Waals surface area contributed by atoms with Crippen LogP contribution in [0.25, 0.3) is 0 Å². The third-order valence-corrected chi connectivity index (χ3v) is 3.68. The van der Waals surface area contributed by atoms with Crippen LogP contribution >= 0.6 is 0 Å². The summed E-state index contributed by atoms with van der Waals surface area (Å²) in [5, 5.41) is 50.7. The van der Waals surface area contributed by atoms with Gasteiger partial charge in [0.15, 0.2) is 0 Å². The lowest BCUT2D eigenvalue weighted by Gasteiger charge is -2.24. The average molecular weight is 441 g/mol. The molecule has 0 heterocycles. The van der Waals surface area contributed by atoms with E-state index in [1.54, 1.807) is 62.3 Å². The zero-order chi connectivity index (χ0) is 25.6. The van der Waals surface area contributed by atoms with Crippen LogP contribution in [0.3, 0.4) is 0 Å². The summed E-state index contributed by atoms with van der Waals surface area (Å²) in [5.74, 6) is -2.27. The summed E-state index contributed by atoms with van der Waals surface area (Å²) in [5.41, 5.74) is -2.42. The second-order valence-corrected chi connectivity index (χ2v) is 9.99. The molecule has 0 atom stereocenters. The standard InChI is InChI=1S/C6H14O3.3C5H10O2/c1-2-6(3-7,4-8)5-9;3*1-5(2,3)4(6)7/h7-9H,2-5H2,1H3;3*1-3H3,(H,6,7). The van der Waals surface area contributed by atoms with Gasteiger partial charge in [0.05, 0.1) is 36.1 Å². The molecule has 182 valence electrons. The molecule has 0 bridgehead atoms. The molecule has 0 aliphatic heterocycles. The van der Waals surface area contributed by atoms with Crippen LogP contribution < -0.4 is 0 Å². The van der Waals surface area contributed by atoms with Crippen molar-refractivity contribution in [1.29, 1.82) is 0 Å². The number of carboxylic acid groups (broad SMARTS) is 3. The predicted octanol–water partition coefficient (Wildman–Crippen LogP) is 2.71. The number of carboxylic acids is 3. The minimum Gasteiger partial charge on any atom is -0.481 e. The molecular weight excluding hydrogens is 396 g/mol. The molecule has 9 heteroatoms. The Morgan fingerprint density at radius 2 is 0.667 bits per heavy atom. The summed E-state index contributed by atoms with van der Waals surface area (Å²) in [6, 6.07) is 0. The predicted molar refractivity (Wildman–Crippen MR) is 115 cm³/mol. The number of rotatable bonds is 4. The molecule has 0 saturated carbocycles. The zero-order valence-corrected chi connectivity index (χ0v) is 20.2. The Hall–Kier alpha value is -1.71. The Morgan fingerprint density at radius 1 is 0.533 bits per heavy atom. The number of aliphatic hydroxyl groups is 3. The van der Waals surface area contributed by atoms with Crippen molar-refractivity contribution in [3.63, 3.8) is 0 Å². The minimum absolute atomic E-state index is 0.156. The molecule has 0 aliphatic rings. The third-order valence-electron chi connectivity index (χ3n) is 3.68. The molecule has 9 nitrogen and oxygen atoms in total. The van der Waals surface area contributed by atoms with Gasteiger partial charge < -0.3 is 30.6 Å². The van der Waals surface area contributed by atoms with E-state index in [9.17, 15) is 14.4 Å². The van der Waals surface area contributed by atoms with Gasteiger partial charge in [0.1, 0.15) is 0 Å². The monoisotopic (exact) mass is 440 g/mol. The molecule has 0 aromatic heterocycles. The van der Waals surface area contributed by atoms with E-state index in [1.807, 2.05) is 6.92 Å². The molecule has 0 unspecified atom stereocenters. The molecule has 0 aromatic rings. The van der Waals surface area contributed by atoms with Crippen LogP contribution in [-0.4, -0.2) is 68.4 Å². The third kappa shape index (κ3) is 21.0. The molecular formula is C21H44O9. The van der Waals surface area contributed by atoms with Gasteiger partial charge in [0.25, 0.3) is 0 Å². The lowest BCUT2D eigenvalue weighted by atomic mass is 9.88. The summed E-state index contributed by atoms with van der Waals surface area (Å²) < 4.78 is 0. The van der Waals surface area contributed by atoms with Gasteiger partial charge in [-0.2, -0.15) is 0 Å². The van der Waals surface area contributed by atoms with Crippen LogP contribution in [0.4, 0.5) is 0 Å². The summed E-state index contributed by atoms with van der Waals surface area (Å²) in [6.07, 6.45) is 0.594. The molecule has 0 aromatic carbocycles. The first-order valence-electron chi connectivity index (χ1n) is 9.60. The normalized spacial score (nSPS) is 11.5. The number of hydrogen-bond donors (Lipinski definition) is 6. The molecule has 6 N–H and O–H groups in total. The van der Waals surface area contributed by atoms with Crippen LogP contribution in [0.5, 0.6) is 0 Å². The van der Waals surface area contributed by atoms with E-state index in [-0.39, 0.29) is 19.8 Å².